The number of carbonyl (C=O) groups excluding carboxylic acids is 1. The van der Waals surface area contributed by atoms with Crippen molar-refractivity contribution in [1.82, 2.24) is 0 Å². The van der Waals surface area contributed by atoms with Crippen LogP contribution in [0.3, 0.4) is 0 Å². The van der Waals surface area contributed by atoms with Crippen molar-refractivity contribution < 1.29 is 18.7 Å². The van der Waals surface area contributed by atoms with Gasteiger partial charge in [0.15, 0.2) is 0 Å². The van der Waals surface area contributed by atoms with Gasteiger partial charge in [0.05, 0.1) is 26.3 Å². The molecule has 0 amide bonds. The Morgan fingerprint density at radius 1 is 0.972 bits per heavy atom. The summed E-state index contributed by atoms with van der Waals surface area (Å²) in [6.45, 7) is 2.43. The van der Waals surface area contributed by atoms with Crippen molar-refractivity contribution in [3.63, 3.8) is 0 Å². The molecule has 0 bridgehead atoms. The van der Waals surface area contributed by atoms with Gasteiger partial charge in [-0.25, -0.2) is 4.39 Å². The van der Waals surface area contributed by atoms with E-state index in [-0.39, 0.29) is 24.2 Å². The van der Waals surface area contributed by atoms with Gasteiger partial charge in [-0.05, 0) is 73.0 Å². The molecule has 1 N–H and O–H groups in total. The van der Waals surface area contributed by atoms with E-state index in [1.54, 1.807) is 13.2 Å². The fourth-order valence-electron chi connectivity index (χ4n) is 4.13. The lowest BCUT2D eigenvalue weighted by atomic mass is 10.0. The van der Waals surface area contributed by atoms with E-state index < -0.39 is 0 Å². The van der Waals surface area contributed by atoms with Gasteiger partial charge < -0.3 is 19.1 Å². The third-order valence-electron chi connectivity index (χ3n) is 6.01. The maximum Gasteiger partial charge on any atom is 0.307 e. The molecular formula is C29H29FN2O3S. The van der Waals surface area contributed by atoms with Crippen LogP contribution in [0, 0.1) is 5.82 Å². The van der Waals surface area contributed by atoms with Crippen LogP contribution in [0.15, 0.2) is 89.8 Å². The predicted molar refractivity (Wildman–Crippen MR) is 145 cm³/mol. The van der Waals surface area contributed by atoms with Crippen LogP contribution in [-0.4, -0.2) is 26.2 Å². The number of anilines is 2. The zero-order chi connectivity index (χ0) is 25.5. The lowest BCUT2D eigenvalue weighted by Gasteiger charge is -2.32. The molecule has 0 unspecified atom stereocenters. The van der Waals surface area contributed by atoms with E-state index in [0.29, 0.717) is 6.54 Å². The van der Waals surface area contributed by atoms with Crippen molar-refractivity contribution in [3.05, 3.63) is 96.3 Å². The molecule has 0 saturated heterocycles. The Hall–Kier alpha value is -3.71. The summed E-state index contributed by atoms with van der Waals surface area (Å²) in [5.74, 6) is 0.242. The Kier molecular flexibility index (Phi) is 8.33. The van der Waals surface area contributed by atoms with Gasteiger partial charge in [-0.1, -0.05) is 36.4 Å². The Balaban J connectivity index is 1.68. The van der Waals surface area contributed by atoms with Gasteiger partial charge >= 0.3 is 5.97 Å². The molecule has 0 aromatic heterocycles. The second-order valence-corrected chi connectivity index (χ2v) is 9.32. The number of hydrogen-bond acceptors (Lipinski definition) is 6. The van der Waals surface area contributed by atoms with Crippen molar-refractivity contribution in [2.75, 3.05) is 23.8 Å². The smallest absolute Gasteiger partial charge is 0.307 e. The van der Waals surface area contributed by atoms with Crippen LogP contribution in [0.5, 0.6) is 5.75 Å². The van der Waals surface area contributed by atoms with Gasteiger partial charge in [0.1, 0.15) is 11.6 Å². The van der Waals surface area contributed by atoms with Crippen LogP contribution in [-0.2, 0) is 16.1 Å². The van der Waals surface area contributed by atoms with Gasteiger partial charge in [-0.3, -0.25) is 4.79 Å². The second-order valence-electron chi connectivity index (χ2n) is 8.44. The Labute approximate surface area is 215 Å². The molecule has 0 aliphatic carbocycles. The molecule has 7 heteroatoms. The molecule has 1 atom stereocenters. The zero-order valence-electron chi connectivity index (χ0n) is 20.5. The first-order chi connectivity index (χ1) is 17.5. The maximum atomic E-state index is 13.9. The van der Waals surface area contributed by atoms with E-state index in [9.17, 15) is 9.18 Å². The highest BCUT2D eigenvalue weighted by atomic mass is 32.2. The summed E-state index contributed by atoms with van der Waals surface area (Å²) in [6, 6.07) is 26.5. The molecule has 0 radical (unpaired) electrons. The minimum atomic E-state index is -0.287. The molecule has 4 aromatic rings. The highest BCUT2D eigenvalue weighted by Gasteiger charge is 2.21. The number of esters is 1. The molecule has 0 aliphatic rings. The molecule has 4 rings (SSSR count). The molecule has 36 heavy (non-hydrogen) atoms. The standard InChI is InChI=1S/C29H29FN2O3S/c1-20(17-29(33)35-3)32(19-21-7-6-8-22(30)18-21)28-16-15-27(25-9-4-5-10-26(25)28)31-36-24-13-11-23(34-2)12-14-24/h4-16,18,20,31H,17,19H2,1-3H3/t20-/m0/s1. The van der Waals surface area contributed by atoms with Crippen molar-refractivity contribution in [2.24, 2.45) is 0 Å². The number of halogens is 1. The summed E-state index contributed by atoms with van der Waals surface area (Å²) < 4.78 is 27.6. The van der Waals surface area contributed by atoms with Gasteiger partial charge in [0.2, 0.25) is 0 Å². The zero-order valence-corrected chi connectivity index (χ0v) is 21.3. The molecule has 0 spiro atoms. The molecule has 0 saturated carbocycles. The minimum absolute atomic E-state index is 0.170. The number of rotatable bonds is 10. The largest absolute Gasteiger partial charge is 0.497 e. The Morgan fingerprint density at radius 3 is 2.42 bits per heavy atom. The Morgan fingerprint density at radius 2 is 1.72 bits per heavy atom. The molecule has 5 nitrogen and oxygen atoms in total. The van der Waals surface area contributed by atoms with Crippen LogP contribution in [0.4, 0.5) is 15.8 Å². The quantitative estimate of drug-likeness (QED) is 0.184. The second kappa shape index (κ2) is 11.8. The van der Waals surface area contributed by atoms with E-state index in [1.165, 1.54) is 31.2 Å². The van der Waals surface area contributed by atoms with E-state index in [2.05, 4.69) is 21.8 Å². The SMILES string of the molecule is COC(=O)C[C@H](C)N(Cc1cccc(F)c1)c1ccc(NSc2ccc(OC)cc2)c2ccccc12. The third kappa shape index (κ3) is 6.10. The van der Waals surface area contributed by atoms with Gasteiger partial charge in [-0.2, -0.15) is 0 Å². The van der Waals surface area contributed by atoms with Crippen LogP contribution in [0.25, 0.3) is 10.8 Å². The lowest BCUT2D eigenvalue weighted by Crippen LogP contribution is -2.34. The van der Waals surface area contributed by atoms with E-state index in [4.69, 9.17) is 9.47 Å². The predicted octanol–water partition coefficient (Wildman–Crippen LogP) is 7.06. The number of ether oxygens (including phenoxy) is 2. The van der Waals surface area contributed by atoms with Crippen molar-refractivity contribution in [1.29, 1.82) is 0 Å². The molecule has 0 aliphatic heterocycles. The summed E-state index contributed by atoms with van der Waals surface area (Å²) in [7, 11) is 3.04. The fraction of sp³-hybridized carbons (Fsp3) is 0.207. The van der Waals surface area contributed by atoms with Gasteiger partial charge in [-0.15, -0.1) is 0 Å². The topological polar surface area (TPSA) is 50.8 Å². The molecular weight excluding hydrogens is 475 g/mol. The summed E-state index contributed by atoms with van der Waals surface area (Å²) in [5, 5.41) is 2.08. The van der Waals surface area contributed by atoms with Gasteiger partial charge in [0, 0.05) is 33.9 Å². The highest BCUT2D eigenvalue weighted by Crippen LogP contribution is 2.36. The normalized spacial score (nSPS) is 11.7. The summed E-state index contributed by atoms with van der Waals surface area (Å²) in [4.78, 5) is 15.3. The van der Waals surface area contributed by atoms with E-state index in [1.807, 2.05) is 61.5 Å². The van der Waals surface area contributed by atoms with Crippen LogP contribution >= 0.6 is 11.9 Å². The first-order valence-corrected chi connectivity index (χ1v) is 12.5. The van der Waals surface area contributed by atoms with Crippen molar-refractivity contribution in [3.8, 4) is 5.75 Å². The molecule has 0 fully saturated rings. The number of benzene rings is 4. The first-order valence-electron chi connectivity index (χ1n) is 11.6. The number of methoxy groups -OCH3 is 2. The number of nitrogens with zero attached hydrogens (tertiary/aromatic N) is 1. The average Bonchev–Trinajstić information content (AvgIpc) is 2.90. The van der Waals surface area contributed by atoms with Crippen LogP contribution < -0.4 is 14.4 Å². The average molecular weight is 505 g/mol. The van der Waals surface area contributed by atoms with E-state index in [0.717, 1.165) is 38.4 Å². The molecule has 0 heterocycles. The van der Waals surface area contributed by atoms with Crippen molar-refractivity contribution in [2.45, 2.75) is 30.8 Å². The van der Waals surface area contributed by atoms with Crippen LogP contribution in [0.2, 0.25) is 0 Å². The lowest BCUT2D eigenvalue weighted by molar-refractivity contribution is -0.140. The highest BCUT2D eigenvalue weighted by molar-refractivity contribution is 8.00. The maximum absolute atomic E-state index is 13.9. The monoisotopic (exact) mass is 504 g/mol. The van der Waals surface area contributed by atoms with Gasteiger partial charge in [0.25, 0.3) is 0 Å². The molecule has 186 valence electrons. The van der Waals surface area contributed by atoms with E-state index >= 15 is 0 Å². The number of fused-ring (bicyclic) bond motifs is 1. The first kappa shape index (κ1) is 25.4. The van der Waals surface area contributed by atoms with Crippen LogP contribution in [0.1, 0.15) is 18.9 Å². The number of nitrogens with one attached hydrogen (secondary N) is 1. The fourth-order valence-corrected chi connectivity index (χ4v) is 4.80. The summed E-state index contributed by atoms with van der Waals surface area (Å²) >= 11 is 1.52. The number of carbonyl (C=O) groups is 1. The summed E-state index contributed by atoms with van der Waals surface area (Å²) in [5.41, 5.74) is 2.76. The van der Waals surface area contributed by atoms with Crippen molar-refractivity contribution >= 4 is 40.1 Å². The minimum Gasteiger partial charge on any atom is -0.497 e. The number of hydrogen-bond donors (Lipinski definition) is 1. The third-order valence-corrected chi connectivity index (χ3v) is 6.84. The summed E-state index contributed by atoms with van der Waals surface area (Å²) in [6.07, 6.45) is 0.216. The molecule has 4 aromatic carbocycles. The Bertz CT molecular complexity index is 1330.